The maximum atomic E-state index is 14.1. The van der Waals surface area contributed by atoms with Crippen LogP contribution in [0.5, 0.6) is 0 Å². The monoisotopic (exact) mass is 389 g/mol. The van der Waals surface area contributed by atoms with Gasteiger partial charge in [0.2, 0.25) is 0 Å². The van der Waals surface area contributed by atoms with E-state index in [0.717, 1.165) is 22.6 Å². The summed E-state index contributed by atoms with van der Waals surface area (Å²) in [7, 11) is 0. The normalized spacial score (nSPS) is 16.5. The summed E-state index contributed by atoms with van der Waals surface area (Å²) in [6.45, 7) is 0.589. The van der Waals surface area contributed by atoms with Gasteiger partial charge in [0.05, 0.1) is 17.4 Å². The molecule has 0 bridgehead atoms. The van der Waals surface area contributed by atoms with E-state index >= 15 is 0 Å². The number of carbonyl (C=O) groups excluding carboxylic acids is 1. The second-order valence-corrected chi connectivity index (χ2v) is 7.55. The fraction of sp³-hybridized carbons (Fsp3) is 0.263. The van der Waals surface area contributed by atoms with Crippen LogP contribution in [-0.2, 0) is 5.60 Å². The average Bonchev–Trinajstić information content (AvgIpc) is 3.33. The first-order chi connectivity index (χ1) is 13.0. The van der Waals surface area contributed by atoms with Crippen LogP contribution in [0.1, 0.15) is 28.8 Å². The zero-order chi connectivity index (χ0) is 19.0. The third-order valence-corrected chi connectivity index (χ3v) is 5.92. The number of rotatable bonds is 3. The predicted molar refractivity (Wildman–Crippen MR) is 97.3 cm³/mol. The Labute approximate surface area is 158 Å². The summed E-state index contributed by atoms with van der Waals surface area (Å²) in [5.74, 6) is -1.57. The number of likely N-dealkylation sites (tertiary alicyclic amines) is 1. The molecule has 0 saturated carbocycles. The topological polar surface area (TPSA) is 69.2 Å². The Morgan fingerprint density at radius 2 is 2.04 bits per heavy atom. The Kier molecular flexibility index (Phi) is 4.53. The predicted octanol–water partition coefficient (Wildman–Crippen LogP) is 3.54. The van der Waals surface area contributed by atoms with E-state index in [2.05, 4.69) is 10.2 Å². The second-order valence-electron chi connectivity index (χ2n) is 6.63. The van der Waals surface area contributed by atoms with Crippen LogP contribution in [0.2, 0.25) is 0 Å². The molecule has 1 aliphatic heterocycles. The number of H-pyrrole nitrogens is 1. The van der Waals surface area contributed by atoms with Gasteiger partial charge in [-0.2, -0.15) is 5.10 Å². The van der Waals surface area contributed by atoms with Crippen LogP contribution >= 0.6 is 11.3 Å². The van der Waals surface area contributed by atoms with Gasteiger partial charge in [-0.25, -0.2) is 8.78 Å². The first kappa shape index (κ1) is 17.8. The van der Waals surface area contributed by atoms with Crippen molar-refractivity contribution in [2.75, 3.05) is 13.1 Å². The van der Waals surface area contributed by atoms with Gasteiger partial charge < -0.3 is 10.0 Å². The number of aliphatic hydroxyl groups is 1. The van der Waals surface area contributed by atoms with E-state index in [0.29, 0.717) is 18.7 Å². The van der Waals surface area contributed by atoms with Gasteiger partial charge in [-0.1, -0.05) is 6.07 Å². The highest BCUT2D eigenvalue weighted by Crippen LogP contribution is 2.35. The summed E-state index contributed by atoms with van der Waals surface area (Å²) in [5.41, 5.74) is 0.174. The number of thiophene rings is 1. The van der Waals surface area contributed by atoms with Gasteiger partial charge in [0.15, 0.2) is 0 Å². The molecule has 1 saturated heterocycles. The number of amides is 1. The van der Waals surface area contributed by atoms with E-state index < -0.39 is 17.2 Å². The lowest BCUT2D eigenvalue weighted by atomic mass is 9.84. The molecule has 1 amide bonds. The molecule has 5 nitrogen and oxygen atoms in total. The molecule has 0 unspecified atom stereocenters. The van der Waals surface area contributed by atoms with Crippen molar-refractivity contribution in [2.45, 2.75) is 18.4 Å². The van der Waals surface area contributed by atoms with E-state index in [1.54, 1.807) is 22.7 Å². The van der Waals surface area contributed by atoms with Crippen molar-refractivity contribution in [3.8, 4) is 10.4 Å². The zero-order valence-electron chi connectivity index (χ0n) is 14.3. The smallest absolute Gasteiger partial charge is 0.254 e. The standard InChI is InChI=1S/C19H17F2N3O2S/c20-14-1-2-15(16(21)8-14)19(26)3-5-24(6-4-19)18(25)12-7-17(27-11-12)13-9-22-23-10-13/h1-2,7-11,26H,3-6H2,(H,22,23). The van der Waals surface area contributed by atoms with Crippen molar-refractivity contribution in [2.24, 2.45) is 0 Å². The van der Waals surface area contributed by atoms with Gasteiger partial charge in [-0.3, -0.25) is 9.89 Å². The summed E-state index contributed by atoms with van der Waals surface area (Å²) in [6.07, 6.45) is 3.84. The first-order valence-corrected chi connectivity index (χ1v) is 9.39. The number of benzene rings is 1. The van der Waals surface area contributed by atoms with Gasteiger partial charge in [0.25, 0.3) is 5.91 Å². The third kappa shape index (κ3) is 3.38. The van der Waals surface area contributed by atoms with Gasteiger partial charge in [-0.05, 0) is 25.0 Å². The summed E-state index contributed by atoms with van der Waals surface area (Å²) in [4.78, 5) is 15.3. The Balaban J connectivity index is 1.46. The highest BCUT2D eigenvalue weighted by Gasteiger charge is 2.37. The molecule has 0 spiro atoms. The molecule has 1 fully saturated rings. The molecule has 4 rings (SSSR count). The number of halogens is 2. The Hall–Kier alpha value is -2.58. The number of hydrogen-bond acceptors (Lipinski definition) is 4. The Morgan fingerprint density at radius 3 is 2.70 bits per heavy atom. The maximum absolute atomic E-state index is 14.1. The SMILES string of the molecule is O=C(c1csc(-c2cn[nH]c2)c1)N1CCC(O)(c2ccc(F)cc2F)CC1. The van der Waals surface area contributed by atoms with Crippen molar-refractivity contribution < 1.29 is 18.7 Å². The van der Waals surface area contributed by atoms with Crippen LogP contribution in [-0.4, -0.2) is 39.2 Å². The first-order valence-electron chi connectivity index (χ1n) is 8.51. The molecule has 0 aliphatic carbocycles. The van der Waals surface area contributed by atoms with Crippen LogP contribution in [0.15, 0.2) is 42.0 Å². The fourth-order valence-corrected chi connectivity index (χ4v) is 4.25. The molecule has 0 atom stereocenters. The molecule has 0 radical (unpaired) electrons. The maximum Gasteiger partial charge on any atom is 0.254 e. The summed E-state index contributed by atoms with van der Waals surface area (Å²) in [6, 6.07) is 5.00. The van der Waals surface area contributed by atoms with Crippen LogP contribution in [0.3, 0.4) is 0 Å². The third-order valence-electron chi connectivity index (χ3n) is 4.94. The van der Waals surface area contributed by atoms with E-state index in [4.69, 9.17) is 0 Å². The van der Waals surface area contributed by atoms with Crippen molar-refractivity contribution in [3.63, 3.8) is 0 Å². The number of nitrogens with one attached hydrogen (secondary N) is 1. The van der Waals surface area contributed by atoms with Gasteiger partial charge in [0, 0.05) is 46.7 Å². The van der Waals surface area contributed by atoms with Gasteiger partial charge in [-0.15, -0.1) is 11.3 Å². The lowest BCUT2D eigenvalue weighted by Gasteiger charge is -2.38. The molecule has 2 aromatic heterocycles. The van der Waals surface area contributed by atoms with Crippen molar-refractivity contribution in [1.82, 2.24) is 15.1 Å². The van der Waals surface area contributed by atoms with Crippen LogP contribution in [0.4, 0.5) is 8.78 Å². The number of aromatic amines is 1. The number of aromatic nitrogens is 2. The summed E-state index contributed by atoms with van der Waals surface area (Å²) >= 11 is 1.46. The van der Waals surface area contributed by atoms with Crippen LogP contribution in [0.25, 0.3) is 10.4 Å². The molecular formula is C19H17F2N3O2S. The Morgan fingerprint density at radius 1 is 1.26 bits per heavy atom. The van der Waals surface area contributed by atoms with E-state index in [1.807, 2.05) is 6.07 Å². The van der Waals surface area contributed by atoms with Crippen molar-refractivity contribution in [3.05, 3.63) is 64.8 Å². The van der Waals surface area contributed by atoms with Crippen LogP contribution in [0, 0.1) is 11.6 Å². The van der Waals surface area contributed by atoms with Crippen LogP contribution < -0.4 is 0 Å². The fourth-order valence-electron chi connectivity index (χ4n) is 3.38. The number of hydrogen-bond donors (Lipinski definition) is 2. The van der Waals surface area contributed by atoms with E-state index in [9.17, 15) is 18.7 Å². The number of nitrogens with zero attached hydrogens (tertiary/aromatic N) is 2. The van der Waals surface area contributed by atoms with Gasteiger partial charge in [0.1, 0.15) is 11.6 Å². The average molecular weight is 389 g/mol. The van der Waals surface area contributed by atoms with Crippen molar-refractivity contribution >= 4 is 17.2 Å². The number of piperidine rings is 1. The second kappa shape index (κ2) is 6.86. The highest BCUT2D eigenvalue weighted by atomic mass is 32.1. The largest absolute Gasteiger partial charge is 0.385 e. The number of carbonyl (C=O) groups is 1. The molecule has 8 heteroatoms. The quantitative estimate of drug-likeness (QED) is 0.720. The molecule has 2 N–H and O–H groups in total. The summed E-state index contributed by atoms with van der Waals surface area (Å²) in [5, 5.41) is 19.2. The van der Waals surface area contributed by atoms with Gasteiger partial charge >= 0.3 is 0 Å². The van der Waals surface area contributed by atoms with Crippen molar-refractivity contribution in [1.29, 1.82) is 0 Å². The lowest BCUT2D eigenvalue weighted by Crippen LogP contribution is -2.45. The molecule has 3 heterocycles. The minimum Gasteiger partial charge on any atom is -0.385 e. The molecule has 27 heavy (non-hydrogen) atoms. The zero-order valence-corrected chi connectivity index (χ0v) is 15.1. The highest BCUT2D eigenvalue weighted by molar-refractivity contribution is 7.13. The minimum atomic E-state index is -1.40. The Bertz CT molecular complexity index is 963. The van der Waals surface area contributed by atoms with E-state index in [1.165, 1.54) is 17.4 Å². The minimum absolute atomic E-state index is 0.0776. The van der Waals surface area contributed by atoms with E-state index in [-0.39, 0.29) is 24.3 Å². The lowest BCUT2D eigenvalue weighted by molar-refractivity contribution is -0.0236. The molecule has 3 aromatic rings. The molecule has 1 aromatic carbocycles. The summed E-state index contributed by atoms with van der Waals surface area (Å²) < 4.78 is 27.2. The molecular weight excluding hydrogens is 372 g/mol. The molecule has 140 valence electrons. The molecule has 1 aliphatic rings.